The monoisotopic (exact) mass is 481 g/mol. The summed E-state index contributed by atoms with van der Waals surface area (Å²) in [6.07, 6.45) is -3.06. The second-order valence-corrected chi connectivity index (χ2v) is 9.19. The zero-order chi connectivity index (χ0) is 23.6. The zero-order valence-electron chi connectivity index (χ0n) is 18.0. The van der Waals surface area contributed by atoms with Crippen LogP contribution in [0.3, 0.4) is 0 Å². The number of benzene rings is 2. The summed E-state index contributed by atoms with van der Waals surface area (Å²) in [6, 6.07) is 10.9. The lowest BCUT2D eigenvalue weighted by Crippen LogP contribution is -2.50. The number of fused-ring (bicyclic) bond motifs is 1. The smallest absolute Gasteiger partial charge is 0.418 e. The van der Waals surface area contributed by atoms with E-state index in [4.69, 9.17) is 4.74 Å². The topological polar surface area (TPSA) is 38.8 Å². The van der Waals surface area contributed by atoms with E-state index in [2.05, 4.69) is 4.74 Å². The fraction of sp³-hybridized carbons (Fsp3) is 0.375. The predicted octanol–water partition coefficient (Wildman–Crippen LogP) is 5.68. The molecule has 1 aliphatic heterocycles. The maximum absolute atomic E-state index is 13.8. The van der Waals surface area contributed by atoms with Gasteiger partial charge in [0.15, 0.2) is 0 Å². The van der Waals surface area contributed by atoms with Crippen LogP contribution >= 0.6 is 11.3 Å². The number of thiophene rings is 1. The van der Waals surface area contributed by atoms with Crippen LogP contribution in [0.1, 0.15) is 22.4 Å². The molecule has 1 aliphatic rings. The van der Waals surface area contributed by atoms with Gasteiger partial charge < -0.3 is 9.47 Å². The molecular weight excluding hydrogens is 458 g/mol. The van der Waals surface area contributed by atoms with Gasteiger partial charge in [0, 0.05) is 34.6 Å². The van der Waals surface area contributed by atoms with Crippen LogP contribution in [0.5, 0.6) is 5.75 Å². The van der Waals surface area contributed by atoms with E-state index < -0.39 is 11.7 Å². The lowest BCUT2D eigenvalue weighted by molar-refractivity contribution is -0.152. The van der Waals surface area contributed by atoms with E-state index in [9.17, 15) is 22.4 Å². The highest BCUT2D eigenvalue weighted by Crippen LogP contribution is 2.44. The minimum Gasteiger partial charge on any atom is -0.494 e. The quantitative estimate of drug-likeness (QED) is 0.236. The fourth-order valence-corrected chi connectivity index (χ4v) is 5.27. The van der Waals surface area contributed by atoms with Crippen LogP contribution in [0.2, 0.25) is 0 Å². The van der Waals surface area contributed by atoms with E-state index in [1.807, 2.05) is 4.90 Å². The molecule has 0 amide bonds. The summed E-state index contributed by atoms with van der Waals surface area (Å²) in [7, 11) is 1.31. The number of alkyl halides is 3. The molecule has 2 aromatic carbocycles. The number of likely N-dealkylation sites (tertiary alicyclic amines) is 1. The van der Waals surface area contributed by atoms with E-state index in [0.717, 1.165) is 16.9 Å². The standard InChI is InChI=1S/C24H23F4NO3S/c1-31-23(30)16-12-29(13-16)14-21-22(24(26,27)28)19-9-8-18(11-20(19)33-21)32-10-2-3-15-4-6-17(25)7-5-15/h4-9,11,16H,2-3,10,12-14H2,1H3. The van der Waals surface area contributed by atoms with E-state index in [-0.39, 0.29) is 34.5 Å². The molecule has 3 aromatic rings. The number of carbonyl (C=O) groups excluding carboxylic acids is 1. The number of hydrogen-bond donors (Lipinski definition) is 0. The second-order valence-electron chi connectivity index (χ2n) is 8.05. The Morgan fingerprint density at radius 1 is 1.15 bits per heavy atom. The number of hydrogen-bond acceptors (Lipinski definition) is 5. The van der Waals surface area contributed by atoms with Gasteiger partial charge >= 0.3 is 12.1 Å². The first-order valence-corrected chi connectivity index (χ1v) is 11.4. The van der Waals surface area contributed by atoms with Gasteiger partial charge in [-0.1, -0.05) is 12.1 Å². The van der Waals surface area contributed by atoms with Gasteiger partial charge in [-0.05, 0) is 48.7 Å². The zero-order valence-corrected chi connectivity index (χ0v) is 18.8. The minimum absolute atomic E-state index is 0.134. The molecule has 1 saturated heterocycles. The number of rotatable bonds is 8. The van der Waals surface area contributed by atoms with Gasteiger partial charge in [-0.2, -0.15) is 13.2 Å². The Morgan fingerprint density at radius 2 is 1.88 bits per heavy atom. The first-order valence-electron chi connectivity index (χ1n) is 10.5. The molecule has 2 heterocycles. The number of ether oxygens (including phenoxy) is 2. The number of carbonyl (C=O) groups is 1. The first kappa shape index (κ1) is 23.5. The molecule has 33 heavy (non-hydrogen) atoms. The Hall–Kier alpha value is -2.65. The highest BCUT2D eigenvalue weighted by molar-refractivity contribution is 7.19. The number of halogens is 4. The lowest BCUT2D eigenvalue weighted by atomic mass is 10.00. The Balaban J connectivity index is 1.42. The molecule has 176 valence electrons. The summed E-state index contributed by atoms with van der Waals surface area (Å²) in [5.74, 6) is -0.388. The molecule has 9 heteroatoms. The summed E-state index contributed by atoms with van der Waals surface area (Å²) < 4.78 is 65.4. The average Bonchev–Trinajstić information content (AvgIpc) is 3.12. The molecule has 0 radical (unpaired) electrons. The van der Waals surface area contributed by atoms with Crippen LogP contribution < -0.4 is 4.74 Å². The molecular formula is C24H23F4NO3S. The molecule has 0 N–H and O–H groups in total. The van der Waals surface area contributed by atoms with Gasteiger partial charge in [0.2, 0.25) is 0 Å². The minimum atomic E-state index is -4.47. The normalized spacial score (nSPS) is 14.9. The van der Waals surface area contributed by atoms with E-state index in [0.29, 0.717) is 43.0 Å². The number of nitrogens with zero attached hydrogens (tertiary/aromatic N) is 1. The number of methoxy groups -OCH3 is 1. The van der Waals surface area contributed by atoms with Gasteiger partial charge in [-0.25, -0.2) is 4.39 Å². The lowest BCUT2D eigenvalue weighted by Gasteiger charge is -2.37. The third-order valence-electron chi connectivity index (χ3n) is 5.67. The molecule has 1 fully saturated rings. The summed E-state index contributed by atoms with van der Waals surface area (Å²) in [5.41, 5.74) is 0.375. The van der Waals surface area contributed by atoms with Crippen molar-refractivity contribution in [2.24, 2.45) is 5.92 Å². The maximum atomic E-state index is 13.8. The fourth-order valence-electron chi connectivity index (χ4n) is 3.97. The Kier molecular flexibility index (Phi) is 6.90. The highest BCUT2D eigenvalue weighted by Gasteiger charge is 2.39. The van der Waals surface area contributed by atoms with Crippen LogP contribution in [0.15, 0.2) is 42.5 Å². The van der Waals surface area contributed by atoms with Crippen LogP contribution in [0, 0.1) is 11.7 Å². The highest BCUT2D eigenvalue weighted by atomic mass is 32.1. The van der Waals surface area contributed by atoms with Crippen molar-refractivity contribution in [1.82, 2.24) is 4.90 Å². The molecule has 0 atom stereocenters. The van der Waals surface area contributed by atoms with Gasteiger partial charge in [0.05, 0.1) is 25.2 Å². The summed E-state index contributed by atoms with van der Waals surface area (Å²) >= 11 is 1.10. The summed E-state index contributed by atoms with van der Waals surface area (Å²) in [6.45, 7) is 1.31. The second kappa shape index (κ2) is 9.69. The molecule has 0 aliphatic carbocycles. The summed E-state index contributed by atoms with van der Waals surface area (Å²) in [5, 5.41) is 0.159. The van der Waals surface area contributed by atoms with Crippen LogP contribution in [0.4, 0.5) is 17.6 Å². The van der Waals surface area contributed by atoms with Crippen LogP contribution in [0.25, 0.3) is 10.1 Å². The molecule has 4 rings (SSSR count). The Bertz CT molecular complexity index is 1120. The van der Waals surface area contributed by atoms with Crippen molar-refractivity contribution in [2.75, 3.05) is 26.8 Å². The predicted molar refractivity (Wildman–Crippen MR) is 118 cm³/mol. The van der Waals surface area contributed by atoms with Crippen molar-refractivity contribution >= 4 is 27.4 Å². The van der Waals surface area contributed by atoms with Gasteiger partial charge in [0.25, 0.3) is 0 Å². The van der Waals surface area contributed by atoms with Crippen LogP contribution in [-0.4, -0.2) is 37.7 Å². The van der Waals surface area contributed by atoms with Gasteiger partial charge in [-0.15, -0.1) is 11.3 Å². The van der Waals surface area contributed by atoms with E-state index in [1.165, 1.54) is 25.3 Å². The van der Waals surface area contributed by atoms with Crippen molar-refractivity contribution < 1.29 is 31.8 Å². The van der Waals surface area contributed by atoms with Gasteiger partial charge in [0.1, 0.15) is 11.6 Å². The van der Waals surface area contributed by atoms with E-state index >= 15 is 0 Å². The number of aryl methyl sites for hydroxylation is 1. The van der Waals surface area contributed by atoms with Crippen molar-refractivity contribution in [1.29, 1.82) is 0 Å². The molecule has 0 bridgehead atoms. The van der Waals surface area contributed by atoms with Crippen molar-refractivity contribution in [3.63, 3.8) is 0 Å². The molecule has 1 aromatic heterocycles. The Morgan fingerprint density at radius 3 is 2.55 bits per heavy atom. The van der Waals surface area contributed by atoms with Crippen molar-refractivity contribution in [3.8, 4) is 5.75 Å². The SMILES string of the molecule is COC(=O)C1CN(Cc2sc3cc(OCCCc4ccc(F)cc4)ccc3c2C(F)(F)F)C1. The third kappa shape index (κ3) is 5.47. The largest absolute Gasteiger partial charge is 0.494 e. The van der Waals surface area contributed by atoms with E-state index in [1.54, 1.807) is 24.3 Å². The van der Waals surface area contributed by atoms with Crippen molar-refractivity contribution in [2.45, 2.75) is 25.6 Å². The number of esters is 1. The van der Waals surface area contributed by atoms with Gasteiger partial charge in [-0.3, -0.25) is 9.69 Å². The molecule has 0 spiro atoms. The molecule has 4 nitrogen and oxygen atoms in total. The maximum Gasteiger partial charge on any atom is 0.418 e. The Labute approximate surface area is 192 Å². The third-order valence-corrected chi connectivity index (χ3v) is 6.81. The van der Waals surface area contributed by atoms with Crippen LogP contribution in [-0.2, 0) is 28.7 Å². The first-order chi connectivity index (χ1) is 15.7. The molecule has 0 unspecified atom stereocenters. The summed E-state index contributed by atoms with van der Waals surface area (Å²) in [4.78, 5) is 13.6. The average molecular weight is 482 g/mol. The molecule has 0 saturated carbocycles. The van der Waals surface area contributed by atoms with Crippen molar-refractivity contribution in [3.05, 3.63) is 64.3 Å².